The van der Waals surface area contributed by atoms with E-state index in [-0.39, 0.29) is 11.2 Å². The molecule has 0 radical (unpaired) electrons. The second kappa shape index (κ2) is 7.77. The summed E-state index contributed by atoms with van der Waals surface area (Å²) >= 11 is 3.15. The molecule has 0 bridgehead atoms. The second-order valence-corrected chi connectivity index (χ2v) is 9.04. The molecule has 1 aliphatic rings. The maximum absolute atomic E-state index is 12.6. The topological polar surface area (TPSA) is 69.0 Å². The number of hydrogen-bond donors (Lipinski definition) is 1. The average molecular weight is 437 g/mol. The number of ether oxygens (including phenoxy) is 1. The molecule has 1 N–H and O–H groups in total. The molecule has 152 valence electrons. The minimum Gasteiger partial charge on any atom is -0.494 e. The Hall–Kier alpha value is -2.84. The van der Waals surface area contributed by atoms with Gasteiger partial charge in [0.05, 0.1) is 33.5 Å². The van der Waals surface area contributed by atoms with Crippen LogP contribution in [-0.4, -0.2) is 33.0 Å². The van der Waals surface area contributed by atoms with Crippen molar-refractivity contribution >= 4 is 45.0 Å². The quantitative estimate of drug-likeness (QED) is 0.489. The van der Waals surface area contributed by atoms with Crippen LogP contribution in [-0.2, 0) is 4.79 Å². The molecule has 0 unspecified atom stereocenters. The molecule has 2 aromatic heterocycles. The molecule has 4 aromatic rings. The maximum Gasteiger partial charge on any atom is 0.235 e. The van der Waals surface area contributed by atoms with Crippen molar-refractivity contribution in [2.24, 2.45) is 0 Å². The number of amides is 1. The Bertz CT molecular complexity index is 1210. The third-order valence-electron chi connectivity index (χ3n) is 4.97. The van der Waals surface area contributed by atoms with Crippen molar-refractivity contribution in [3.63, 3.8) is 0 Å². The minimum absolute atomic E-state index is 0.0418. The van der Waals surface area contributed by atoms with Gasteiger partial charge in [0.2, 0.25) is 11.0 Å². The fraction of sp³-hybridized carbons (Fsp3) is 0.227. The molecule has 0 saturated carbocycles. The van der Waals surface area contributed by atoms with E-state index < -0.39 is 0 Å². The van der Waals surface area contributed by atoms with Gasteiger partial charge in [-0.15, -0.1) is 11.8 Å². The second-order valence-electron chi connectivity index (χ2n) is 6.93. The smallest absolute Gasteiger partial charge is 0.235 e. The van der Waals surface area contributed by atoms with Gasteiger partial charge in [-0.1, -0.05) is 41.7 Å². The number of anilines is 1. The molecule has 0 spiro atoms. The number of para-hydroxylation sites is 2. The number of carbonyl (C=O) groups is 1. The number of carbonyl (C=O) groups excluding carboxylic acids is 1. The molecule has 6 nitrogen and oxygen atoms in total. The summed E-state index contributed by atoms with van der Waals surface area (Å²) in [7, 11) is 0. The summed E-state index contributed by atoms with van der Waals surface area (Å²) in [6.45, 7) is 4.54. The Labute approximate surface area is 182 Å². The summed E-state index contributed by atoms with van der Waals surface area (Å²) in [4.78, 5) is 17.3. The Morgan fingerprint density at radius 1 is 1.20 bits per heavy atom. The van der Waals surface area contributed by atoms with Crippen molar-refractivity contribution in [1.29, 1.82) is 0 Å². The van der Waals surface area contributed by atoms with Crippen molar-refractivity contribution in [2.45, 2.75) is 19.1 Å². The van der Waals surface area contributed by atoms with Crippen LogP contribution in [0.1, 0.15) is 29.0 Å². The summed E-state index contributed by atoms with van der Waals surface area (Å²) in [6, 6.07) is 16.0. The van der Waals surface area contributed by atoms with Crippen LogP contribution in [0.25, 0.3) is 15.3 Å². The van der Waals surface area contributed by atoms with Crippen molar-refractivity contribution in [3.8, 4) is 10.9 Å². The fourth-order valence-electron chi connectivity index (χ4n) is 3.70. The summed E-state index contributed by atoms with van der Waals surface area (Å²) in [5.41, 5.74) is 3.84. The monoisotopic (exact) mass is 436 g/mol. The van der Waals surface area contributed by atoms with Crippen LogP contribution < -0.4 is 10.1 Å². The van der Waals surface area contributed by atoms with Crippen molar-refractivity contribution in [1.82, 2.24) is 14.8 Å². The van der Waals surface area contributed by atoms with Crippen LogP contribution in [0, 0.1) is 6.92 Å². The SMILES string of the molecule is CCOc1ccccc1[C@@H]1SCC(=O)Nc2c1c(C)nn2-c1nc2ccccc2s1. The standard InChI is InChI=1S/C22H20N4O2S2/c1-3-28-16-10-6-4-8-14(16)20-19-13(2)25-26(21(19)24-18(27)12-29-20)22-23-15-9-5-7-11-17(15)30-22/h4-11,20H,3,12H2,1-2H3,(H,24,27)/t20-/m0/s1. The number of thioether (sulfide) groups is 1. The Morgan fingerprint density at radius 3 is 2.83 bits per heavy atom. The largest absolute Gasteiger partial charge is 0.494 e. The lowest BCUT2D eigenvalue weighted by atomic mass is 10.0. The first kappa shape index (κ1) is 19.1. The van der Waals surface area contributed by atoms with Gasteiger partial charge in [0.1, 0.15) is 11.6 Å². The van der Waals surface area contributed by atoms with E-state index in [0.717, 1.165) is 37.9 Å². The lowest BCUT2D eigenvalue weighted by Crippen LogP contribution is -2.15. The number of aryl methyl sites for hydroxylation is 1. The number of rotatable bonds is 4. The molecule has 8 heteroatoms. The van der Waals surface area contributed by atoms with Gasteiger partial charge in [0.25, 0.3) is 0 Å². The first-order valence-electron chi connectivity index (χ1n) is 9.74. The number of fused-ring (bicyclic) bond motifs is 2. The minimum atomic E-state index is -0.0650. The predicted molar refractivity (Wildman–Crippen MR) is 122 cm³/mol. The Morgan fingerprint density at radius 2 is 2.00 bits per heavy atom. The van der Waals surface area contributed by atoms with E-state index in [1.165, 1.54) is 0 Å². The zero-order valence-corrected chi connectivity index (χ0v) is 18.2. The highest BCUT2D eigenvalue weighted by Gasteiger charge is 2.32. The van der Waals surface area contributed by atoms with Crippen molar-refractivity contribution < 1.29 is 9.53 Å². The van der Waals surface area contributed by atoms with E-state index in [2.05, 4.69) is 11.4 Å². The van der Waals surface area contributed by atoms with Crippen LogP contribution in [0.15, 0.2) is 48.5 Å². The molecule has 1 atom stereocenters. The highest BCUT2D eigenvalue weighted by molar-refractivity contribution is 8.00. The lowest BCUT2D eigenvalue weighted by molar-refractivity contribution is -0.113. The van der Waals surface area contributed by atoms with Crippen LogP contribution in [0.4, 0.5) is 5.82 Å². The summed E-state index contributed by atoms with van der Waals surface area (Å²) in [5, 5.41) is 8.53. The van der Waals surface area contributed by atoms with Crippen LogP contribution in [0.3, 0.4) is 0 Å². The van der Waals surface area contributed by atoms with Gasteiger partial charge in [-0.3, -0.25) is 4.79 Å². The molecule has 2 aromatic carbocycles. The molecule has 0 saturated heterocycles. The molecule has 3 heterocycles. The van der Waals surface area contributed by atoms with Gasteiger partial charge >= 0.3 is 0 Å². The van der Waals surface area contributed by atoms with Crippen LogP contribution >= 0.6 is 23.1 Å². The normalized spacial score (nSPS) is 16.2. The van der Waals surface area contributed by atoms with E-state index in [1.807, 2.05) is 56.3 Å². The number of hydrogen-bond acceptors (Lipinski definition) is 6. The number of nitrogens with zero attached hydrogens (tertiary/aromatic N) is 3. The molecule has 1 aliphatic heterocycles. The van der Waals surface area contributed by atoms with Crippen LogP contribution in [0.2, 0.25) is 0 Å². The predicted octanol–water partition coefficient (Wildman–Crippen LogP) is 4.96. The maximum atomic E-state index is 12.6. The third-order valence-corrected chi connectivity index (χ3v) is 7.24. The molecule has 5 rings (SSSR count). The highest BCUT2D eigenvalue weighted by atomic mass is 32.2. The van der Waals surface area contributed by atoms with Gasteiger partial charge in [-0.2, -0.15) is 9.78 Å². The summed E-state index contributed by atoms with van der Waals surface area (Å²) in [5.74, 6) is 1.85. The zero-order chi connectivity index (χ0) is 20.7. The third kappa shape index (κ3) is 3.26. The van der Waals surface area contributed by atoms with Crippen molar-refractivity contribution in [2.75, 3.05) is 17.7 Å². The molecular weight excluding hydrogens is 416 g/mol. The lowest BCUT2D eigenvalue weighted by Gasteiger charge is -2.18. The fourth-order valence-corrected chi connectivity index (χ4v) is 5.84. The number of nitrogens with one attached hydrogen (secondary N) is 1. The van der Waals surface area contributed by atoms with Gasteiger partial charge in [0, 0.05) is 11.1 Å². The Balaban J connectivity index is 1.69. The van der Waals surface area contributed by atoms with E-state index in [1.54, 1.807) is 27.8 Å². The zero-order valence-electron chi connectivity index (χ0n) is 16.6. The summed E-state index contributed by atoms with van der Waals surface area (Å²) < 4.78 is 8.75. The highest BCUT2D eigenvalue weighted by Crippen LogP contribution is 2.46. The first-order valence-corrected chi connectivity index (χ1v) is 11.6. The van der Waals surface area contributed by atoms with Gasteiger partial charge in [-0.25, -0.2) is 4.98 Å². The van der Waals surface area contributed by atoms with E-state index in [9.17, 15) is 4.79 Å². The van der Waals surface area contributed by atoms with E-state index >= 15 is 0 Å². The number of benzene rings is 2. The van der Waals surface area contributed by atoms with Crippen molar-refractivity contribution in [3.05, 3.63) is 65.4 Å². The van der Waals surface area contributed by atoms with Gasteiger partial charge in [0.15, 0.2) is 0 Å². The molecule has 1 amide bonds. The molecule has 0 fully saturated rings. The molecular formula is C22H20N4O2S2. The first-order chi connectivity index (χ1) is 14.7. The molecule has 0 aliphatic carbocycles. The average Bonchev–Trinajstić information content (AvgIpc) is 3.26. The van der Waals surface area contributed by atoms with Gasteiger partial charge < -0.3 is 10.1 Å². The van der Waals surface area contributed by atoms with E-state index in [4.69, 9.17) is 14.8 Å². The van der Waals surface area contributed by atoms with E-state index in [0.29, 0.717) is 18.2 Å². The Kier molecular flexibility index (Phi) is 4.96. The van der Waals surface area contributed by atoms with Crippen LogP contribution in [0.5, 0.6) is 5.75 Å². The number of aromatic nitrogens is 3. The van der Waals surface area contributed by atoms with Gasteiger partial charge in [-0.05, 0) is 32.0 Å². The molecule has 30 heavy (non-hydrogen) atoms. The summed E-state index contributed by atoms with van der Waals surface area (Å²) in [6.07, 6.45) is 0. The number of thiazole rings is 1.